The Labute approximate surface area is 129 Å². The standard InChI is InChI=1S/C15H18N2O4S/c1-14(2)20-10-15(21-14)9-17-8-13(15)22(18,19)12-5-3-11(7-16)4-6-12/h3-6,13,17H,8-10H2,1-2H3/t13-,15-/m0/s1. The molecule has 1 aromatic carbocycles. The Morgan fingerprint density at radius 1 is 1.32 bits per heavy atom. The van der Waals surface area contributed by atoms with Gasteiger partial charge in [-0.05, 0) is 38.1 Å². The molecule has 0 bridgehead atoms. The van der Waals surface area contributed by atoms with Crippen LogP contribution < -0.4 is 5.32 Å². The van der Waals surface area contributed by atoms with Gasteiger partial charge >= 0.3 is 0 Å². The molecule has 1 aromatic rings. The van der Waals surface area contributed by atoms with Gasteiger partial charge in [-0.25, -0.2) is 8.42 Å². The third kappa shape index (κ3) is 2.42. The highest BCUT2D eigenvalue weighted by Gasteiger charge is 2.58. The van der Waals surface area contributed by atoms with Crippen LogP contribution in [0.1, 0.15) is 19.4 Å². The number of hydrogen-bond acceptors (Lipinski definition) is 6. The van der Waals surface area contributed by atoms with E-state index in [1.807, 2.05) is 6.07 Å². The number of nitrogens with one attached hydrogen (secondary N) is 1. The average Bonchev–Trinajstić information content (AvgIpc) is 3.03. The first-order valence-electron chi connectivity index (χ1n) is 7.08. The Hall–Kier alpha value is -1.46. The number of sulfone groups is 1. The molecule has 2 heterocycles. The average molecular weight is 322 g/mol. The molecule has 1 spiro atoms. The van der Waals surface area contributed by atoms with Gasteiger partial charge in [-0.3, -0.25) is 0 Å². The summed E-state index contributed by atoms with van der Waals surface area (Å²) in [6.07, 6.45) is 0. The summed E-state index contributed by atoms with van der Waals surface area (Å²) in [5.74, 6) is -0.787. The van der Waals surface area contributed by atoms with Crippen molar-refractivity contribution in [2.45, 2.75) is 35.4 Å². The number of hydrogen-bond donors (Lipinski definition) is 1. The zero-order valence-corrected chi connectivity index (χ0v) is 13.3. The van der Waals surface area contributed by atoms with E-state index in [0.717, 1.165) is 0 Å². The van der Waals surface area contributed by atoms with Gasteiger partial charge in [0.1, 0.15) is 10.9 Å². The van der Waals surface area contributed by atoms with Gasteiger partial charge in [-0.15, -0.1) is 0 Å². The minimum atomic E-state index is -3.58. The molecule has 2 atom stereocenters. The highest BCUT2D eigenvalue weighted by atomic mass is 32.2. The molecule has 0 aliphatic carbocycles. The molecule has 2 saturated heterocycles. The molecule has 1 N–H and O–H groups in total. The van der Waals surface area contributed by atoms with Crippen LogP contribution in [0, 0.1) is 11.3 Å². The molecule has 3 rings (SSSR count). The fourth-order valence-electron chi connectivity index (χ4n) is 3.08. The van der Waals surface area contributed by atoms with Gasteiger partial charge in [0, 0.05) is 13.1 Å². The Morgan fingerprint density at radius 3 is 2.55 bits per heavy atom. The minimum Gasteiger partial charge on any atom is -0.347 e. The highest BCUT2D eigenvalue weighted by Crippen LogP contribution is 2.39. The van der Waals surface area contributed by atoms with Gasteiger partial charge in [0.2, 0.25) is 0 Å². The van der Waals surface area contributed by atoms with Crippen molar-refractivity contribution in [1.82, 2.24) is 5.32 Å². The number of ether oxygens (including phenoxy) is 2. The van der Waals surface area contributed by atoms with Crippen molar-refractivity contribution in [1.29, 1.82) is 5.26 Å². The molecule has 7 heteroatoms. The van der Waals surface area contributed by atoms with Crippen LogP contribution in [0.15, 0.2) is 29.2 Å². The van der Waals surface area contributed by atoms with E-state index >= 15 is 0 Å². The summed E-state index contributed by atoms with van der Waals surface area (Å²) < 4.78 is 37.4. The number of nitrogens with zero attached hydrogens (tertiary/aromatic N) is 1. The van der Waals surface area contributed by atoms with Crippen molar-refractivity contribution < 1.29 is 17.9 Å². The van der Waals surface area contributed by atoms with Crippen molar-refractivity contribution in [3.63, 3.8) is 0 Å². The second kappa shape index (κ2) is 5.03. The lowest BCUT2D eigenvalue weighted by Gasteiger charge is -2.29. The van der Waals surface area contributed by atoms with Gasteiger partial charge in [0.15, 0.2) is 15.6 Å². The van der Waals surface area contributed by atoms with Crippen LogP contribution in [0.4, 0.5) is 0 Å². The maximum Gasteiger partial charge on any atom is 0.185 e. The van der Waals surface area contributed by atoms with Crippen LogP contribution in [-0.4, -0.2) is 44.8 Å². The molecule has 22 heavy (non-hydrogen) atoms. The zero-order chi connectivity index (χ0) is 16.0. The Balaban J connectivity index is 1.96. The maximum absolute atomic E-state index is 12.9. The lowest BCUT2D eigenvalue weighted by Crippen LogP contribution is -2.49. The van der Waals surface area contributed by atoms with E-state index in [0.29, 0.717) is 18.7 Å². The maximum atomic E-state index is 12.9. The number of rotatable bonds is 2. The lowest BCUT2D eigenvalue weighted by atomic mass is 10.0. The lowest BCUT2D eigenvalue weighted by molar-refractivity contribution is -0.156. The quantitative estimate of drug-likeness (QED) is 0.867. The van der Waals surface area contributed by atoms with E-state index in [9.17, 15) is 8.42 Å². The van der Waals surface area contributed by atoms with E-state index in [-0.39, 0.29) is 11.5 Å². The molecule has 0 aromatic heterocycles. The molecule has 2 fully saturated rings. The van der Waals surface area contributed by atoms with Gasteiger partial charge in [0.25, 0.3) is 0 Å². The van der Waals surface area contributed by atoms with Gasteiger partial charge in [-0.1, -0.05) is 0 Å². The van der Waals surface area contributed by atoms with Crippen molar-refractivity contribution in [2.75, 3.05) is 19.7 Å². The van der Waals surface area contributed by atoms with Gasteiger partial charge in [-0.2, -0.15) is 5.26 Å². The summed E-state index contributed by atoms with van der Waals surface area (Å²) in [4.78, 5) is 0.202. The van der Waals surface area contributed by atoms with Crippen LogP contribution in [0.25, 0.3) is 0 Å². The Morgan fingerprint density at radius 2 is 2.00 bits per heavy atom. The van der Waals surface area contributed by atoms with E-state index in [2.05, 4.69) is 5.32 Å². The predicted octanol–water partition coefficient (Wildman–Crippen LogP) is 0.825. The third-order valence-electron chi connectivity index (χ3n) is 4.14. The topological polar surface area (TPSA) is 88.4 Å². The minimum absolute atomic E-state index is 0.202. The molecular weight excluding hydrogens is 304 g/mol. The van der Waals surface area contributed by atoms with Crippen molar-refractivity contribution in [3.05, 3.63) is 29.8 Å². The molecule has 0 unspecified atom stereocenters. The summed E-state index contributed by atoms with van der Waals surface area (Å²) in [7, 11) is -3.58. The smallest absolute Gasteiger partial charge is 0.185 e. The largest absolute Gasteiger partial charge is 0.347 e. The fourth-order valence-corrected chi connectivity index (χ4v) is 5.03. The third-order valence-corrected chi connectivity index (χ3v) is 6.42. The molecule has 0 saturated carbocycles. The first-order chi connectivity index (χ1) is 10.3. The molecule has 6 nitrogen and oxygen atoms in total. The molecule has 0 radical (unpaired) electrons. The molecule has 2 aliphatic heterocycles. The molecule has 118 valence electrons. The first kappa shape index (κ1) is 15.4. The van der Waals surface area contributed by atoms with Crippen LogP contribution in [0.3, 0.4) is 0 Å². The predicted molar refractivity (Wildman–Crippen MR) is 78.8 cm³/mol. The van der Waals surface area contributed by atoms with Crippen molar-refractivity contribution in [2.24, 2.45) is 0 Å². The zero-order valence-electron chi connectivity index (χ0n) is 12.5. The summed E-state index contributed by atoms with van der Waals surface area (Å²) in [6.45, 7) is 4.57. The monoisotopic (exact) mass is 322 g/mol. The normalized spacial score (nSPS) is 30.5. The summed E-state index contributed by atoms with van der Waals surface area (Å²) in [5, 5.41) is 11.2. The Kier molecular flexibility index (Phi) is 3.53. The Bertz CT molecular complexity index is 721. The van der Waals surface area contributed by atoms with Crippen LogP contribution >= 0.6 is 0 Å². The van der Waals surface area contributed by atoms with Crippen LogP contribution in [0.2, 0.25) is 0 Å². The highest BCUT2D eigenvalue weighted by molar-refractivity contribution is 7.92. The second-order valence-electron chi connectivity index (χ2n) is 6.16. The summed E-state index contributed by atoms with van der Waals surface area (Å²) in [6, 6.07) is 7.95. The van der Waals surface area contributed by atoms with Crippen molar-refractivity contribution in [3.8, 4) is 6.07 Å². The molecule has 0 amide bonds. The number of benzene rings is 1. The van der Waals surface area contributed by atoms with Gasteiger partial charge in [0.05, 0.1) is 23.1 Å². The summed E-state index contributed by atoms with van der Waals surface area (Å²) >= 11 is 0. The van der Waals surface area contributed by atoms with Crippen LogP contribution in [-0.2, 0) is 19.3 Å². The van der Waals surface area contributed by atoms with E-state index in [1.165, 1.54) is 24.3 Å². The summed E-state index contributed by atoms with van der Waals surface area (Å²) in [5.41, 5.74) is -0.434. The van der Waals surface area contributed by atoms with Gasteiger partial charge < -0.3 is 14.8 Å². The van der Waals surface area contributed by atoms with E-state index in [1.54, 1.807) is 13.8 Å². The molecular formula is C15H18N2O4S. The number of nitriles is 1. The fraction of sp³-hybridized carbons (Fsp3) is 0.533. The SMILES string of the molecule is CC1(C)OC[C@]2(CNC[C@@H]2S(=O)(=O)c2ccc(C#N)cc2)O1. The first-order valence-corrected chi connectivity index (χ1v) is 8.63. The van der Waals surface area contributed by atoms with E-state index < -0.39 is 26.5 Å². The second-order valence-corrected chi connectivity index (χ2v) is 8.29. The van der Waals surface area contributed by atoms with Crippen LogP contribution in [0.5, 0.6) is 0 Å². The van der Waals surface area contributed by atoms with Crippen molar-refractivity contribution >= 4 is 9.84 Å². The molecule has 2 aliphatic rings. The van der Waals surface area contributed by atoms with E-state index in [4.69, 9.17) is 14.7 Å².